The van der Waals surface area contributed by atoms with Gasteiger partial charge in [-0.2, -0.15) is 0 Å². The van der Waals surface area contributed by atoms with Crippen molar-refractivity contribution in [3.63, 3.8) is 0 Å². The van der Waals surface area contributed by atoms with Gasteiger partial charge in [0.1, 0.15) is 5.75 Å². The molecule has 0 spiro atoms. The highest BCUT2D eigenvalue weighted by atomic mass is 127. The maximum absolute atomic E-state index is 5.92. The average molecular weight is 374 g/mol. The third-order valence-corrected chi connectivity index (χ3v) is 3.70. The molecule has 94 valence electrons. The molecule has 2 nitrogen and oxygen atoms in total. The molecule has 0 fully saturated rings. The van der Waals surface area contributed by atoms with Crippen LogP contribution in [0.3, 0.4) is 0 Å². The van der Waals surface area contributed by atoms with Crippen LogP contribution in [-0.2, 0) is 6.54 Å². The predicted octanol–water partition coefficient (Wildman–Crippen LogP) is 4.57. The number of ether oxygens (including phenoxy) is 1. The average Bonchev–Trinajstić information content (AvgIpc) is 2.38. The van der Waals surface area contributed by atoms with E-state index in [1.54, 1.807) is 7.11 Å². The number of halogens is 2. The van der Waals surface area contributed by atoms with Gasteiger partial charge in [-0.1, -0.05) is 23.7 Å². The Morgan fingerprint density at radius 3 is 2.50 bits per heavy atom. The van der Waals surface area contributed by atoms with E-state index < -0.39 is 0 Å². The van der Waals surface area contributed by atoms with Crippen LogP contribution in [0.5, 0.6) is 5.75 Å². The van der Waals surface area contributed by atoms with Crippen LogP contribution < -0.4 is 10.1 Å². The topological polar surface area (TPSA) is 21.3 Å². The number of methoxy groups -OCH3 is 1. The molecule has 2 aromatic carbocycles. The van der Waals surface area contributed by atoms with Gasteiger partial charge in [-0.3, -0.25) is 0 Å². The first-order valence-corrected chi connectivity index (χ1v) is 6.96. The molecular weight excluding hydrogens is 361 g/mol. The van der Waals surface area contributed by atoms with Gasteiger partial charge in [0.2, 0.25) is 0 Å². The Morgan fingerprint density at radius 1 is 1.17 bits per heavy atom. The van der Waals surface area contributed by atoms with E-state index in [1.165, 1.54) is 5.56 Å². The first-order chi connectivity index (χ1) is 8.69. The second-order valence-corrected chi connectivity index (χ2v) is 5.42. The summed E-state index contributed by atoms with van der Waals surface area (Å²) in [6, 6.07) is 13.9. The maximum atomic E-state index is 5.92. The zero-order chi connectivity index (χ0) is 13.0. The van der Waals surface area contributed by atoms with Gasteiger partial charge in [0.15, 0.2) is 0 Å². The fourth-order valence-electron chi connectivity index (χ4n) is 1.57. The van der Waals surface area contributed by atoms with Gasteiger partial charge in [-0.05, 0) is 58.5 Å². The lowest BCUT2D eigenvalue weighted by Crippen LogP contribution is -2.00. The highest BCUT2D eigenvalue weighted by molar-refractivity contribution is 14.1. The smallest absolute Gasteiger partial charge is 0.118 e. The normalized spacial score (nSPS) is 10.2. The van der Waals surface area contributed by atoms with Crippen molar-refractivity contribution in [2.45, 2.75) is 6.54 Å². The molecule has 0 bridgehead atoms. The molecule has 2 rings (SSSR count). The van der Waals surface area contributed by atoms with E-state index in [-0.39, 0.29) is 0 Å². The molecule has 0 amide bonds. The number of hydrogen-bond donors (Lipinski definition) is 1. The Kier molecular flexibility index (Phi) is 4.72. The molecule has 0 atom stereocenters. The van der Waals surface area contributed by atoms with Crippen LogP contribution in [0.15, 0.2) is 42.5 Å². The molecule has 0 aliphatic heterocycles. The van der Waals surface area contributed by atoms with E-state index in [0.717, 1.165) is 26.6 Å². The van der Waals surface area contributed by atoms with Gasteiger partial charge in [0.05, 0.1) is 7.11 Å². The SMILES string of the molecule is COc1ccc(CNc2ccc(Cl)cc2I)cc1. The van der Waals surface area contributed by atoms with E-state index in [1.807, 2.05) is 30.3 Å². The minimum absolute atomic E-state index is 0.759. The molecule has 0 aromatic heterocycles. The second-order valence-electron chi connectivity index (χ2n) is 3.83. The molecule has 0 radical (unpaired) electrons. The molecule has 0 aliphatic rings. The van der Waals surface area contributed by atoms with Crippen LogP contribution in [0.2, 0.25) is 5.02 Å². The standard InChI is InChI=1S/C14H13ClINO/c1-18-12-5-2-10(3-6-12)9-17-14-7-4-11(15)8-13(14)16/h2-8,17H,9H2,1H3. The molecule has 18 heavy (non-hydrogen) atoms. The Morgan fingerprint density at radius 2 is 1.89 bits per heavy atom. The predicted molar refractivity (Wildman–Crippen MR) is 84.5 cm³/mol. The Hall–Kier alpha value is -0.940. The van der Waals surface area contributed by atoms with Crippen LogP contribution >= 0.6 is 34.2 Å². The van der Waals surface area contributed by atoms with Gasteiger partial charge in [0, 0.05) is 20.8 Å². The van der Waals surface area contributed by atoms with Crippen LogP contribution in [0, 0.1) is 3.57 Å². The van der Waals surface area contributed by atoms with Crippen molar-refractivity contribution in [1.29, 1.82) is 0 Å². The zero-order valence-electron chi connectivity index (χ0n) is 9.91. The molecular formula is C14H13ClINO. The number of hydrogen-bond acceptors (Lipinski definition) is 2. The van der Waals surface area contributed by atoms with E-state index in [0.29, 0.717) is 0 Å². The zero-order valence-corrected chi connectivity index (χ0v) is 12.8. The molecule has 4 heteroatoms. The summed E-state index contributed by atoms with van der Waals surface area (Å²) in [6.45, 7) is 0.779. The molecule has 2 aromatic rings. The van der Waals surface area contributed by atoms with Crippen molar-refractivity contribution in [3.05, 3.63) is 56.6 Å². The van der Waals surface area contributed by atoms with Gasteiger partial charge < -0.3 is 10.1 Å². The van der Waals surface area contributed by atoms with E-state index in [4.69, 9.17) is 16.3 Å². The van der Waals surface area contributed by atoms with Crippen molar-refractivity contribution in [2.24, 2.45) is 0 Å². The van der Waals surface area contributed by atoms with Crippen molar-refractivity contribution in [1.82, 2.24) is 0 Å². The monoisotopic (exact) mass is 373 g/mol. The number of nitrogens with one attached hydrogen (secondary N) is 1. The lowest BCUT2D eigenvalue weighted by atomic mass is 10.2. The lowest BCUT2D eigenvalue weighted by molar-refractivity contribution is 0.414. The summed E-state index contributed by atoms with van der Waals surface area (Å²) in [5.74, 6) is 0.875. The molecule has 0 saturated carbocycles. The van der Waals surface area contributed by atoms with Crippen LogP contribution in [0.1, 0.15) is 5.56 Å². The molecule has 0 saturated heterocycles. The van der Waals surface area contributed by atoms with Crippen molar-refractivity contribution >= 4 is 39.9 Å². The lowest BCUT2D eigenvalue weighted by Gasteiger charge is -2.09. The quantitative estimate of drug-likeness (QED) is 0.793. The first-order valence-electron chi connectivity index (χ1n) is 5.51. The summed E-state index contributed by atoms with van der Waals surface area (Å²) < 4.78 is 6.25. The summed E-state index contributed by atoms with van der Waals surface area (Å²) >= 11 is 8.19. The third kappa shape index (κ3) is 3.53. The Labute approximate surface area is 125 Å². The van der Waals surface area contributed by atoms with E-state index in [2.05, 4.69) is 40.0 Å². The van der Waals surface area contributed by atoms with Crippen molar-refractivity contribution < 1.29 is 4.74 Å². The Bertz CT molecular complexity index is 528. The van der Waals surface area contributed by atoms with Gasteiger partial charge in [-0.15, -0.1) is 0 Å². The van der Waals surface area contributed by atoms with Crippen LogP contribution in [-0.4, -0.2) is 7.11 Å². The molecule has 0 aliphatic carbocycles. The minimum Gasteiger partial charge on any atom is -0.497 e. The largest absolute Gasteiger partial charge is 0.497 e. The van der Waals surface area contributed by atoms with E-state index >= 15 is 0 Å². The fourth-order valence-corrected chi connectivity index (χ4v) is 2.64. The van der Waals surface area contributed by atoms with Gasteiger partial charge >= 0.3 is 0 Å². The fraction of sp³-hybridized carbons (Fsp3) is 0.143. The summed E-state index contributed by atoms with van der Waals surface area (Å²) in [7, 11) is 1.67. The summed E-state index contributed by atoms with van der Waals surface area (Å²) in [6.07, 6.45) is 0. The first kappa shape index (κ1) is 13.5. The highest BCUT2D eigenvalue weighted by Gasteiger charge is 2.00. The van der Waals surface area contributed by atoms with Crippen LogP contribution in [0.4, 0.5) is 5.69 Å². The molecule has 1 N–H and O–H groups in total. The van der Waals surface area contributed by atoms with Gasteiger partial charge in [-0.25, -0.2) is 0 Å². The second kappa shape index (κ2) is 6.29. The van der Waals surface area contributed by atoms with E-state index in [9.17, 15) is 0 Å². The van der Waals surface area contributed by atoms with Crippen molar-refractivity contribution in [3.8, 4) is 5.75 Å². The summed E-state index contributed by atoms with van der Waals surface area (Å²) in [5.41, 5.74) is 2.30. The summed E-state index contributed by atoms with van der Waals surface area (Å²) in [4.78, 5) is 0. The highest BCUT2D eigenvalue weighted by Crippen LogP contribution is 2.23. The number of benzene rings is 2. The minimum atomic E-state index is 0.759. The van der Waals surface area contributed by atoms with Crippen LogP contribution in [0.25, 0.3) is 0 Å². The number of rotatable bonds is 4. The molecule has 0 unspecified atom stereocenters. The maximum Gasteiger partial charge on any atom is 0.118 e. The Balaban J connectivity index is 2.02. The van der Waals surface area contributed by atoms with Crippen molar-refractivity contribution in [2.75, 3.05) is 12.4 Å². The van der Waals surface area contributed by atoms with Gasteiger partial charge in [0.25, 0.3) is 0 Å². The molecule has 0 heterocycles. The number of anilines is 1. The summed E-state index contributed by atoms with van der Waals surface area (Å²) in [5, 5.41) is 4.15. The third-order valence-electron chi connectivity index (χ3n) is 2.57.